The minimum Gasteiger partial charge on any atom is -0.0616 e. The van der Waals surface area contributed by atoms with Crippen LogP contribution in [0.2, 0.25) is 0 Å². The summed E-state index contributed by atoms with van der Waals surface area (Å²) in [5.74, 6) is 0. The van der Waals surface area contributed by atoms with Crippen molar-refractivity contribution in [3.8, 4) is 11.1 Å². The molecule has 0 saturated heterocycles. The second-order valence-electron chi connectivity index (χ2n) is 7.41. The van der Waals surface area contributed by atoms with Crippen LogP contribution in [0, 0.1) is 0 Å². The van der Waals surface area contributed by atoms with Crippen LogP contribution in [-0.4, -0.2) is 0 Å². The molecule has 6 rings (SSSR count). The van der Waals surface area contributed by atoms with Gasteiger partial charge in [0.1, 0.15) is 0 Å². The molecule has 0 radical (unpaired) electrons. The second kappa shape index (κ2) is 5.94. The highest BCUT2D eigenvalue weighted by Gasteiger charge is 2.11. The maximum atomic E-state index is 2.38. The summed E-state index contributed by atoms with van der Waals surface area (Å²) in [4.78, 5) is 0. The third-order valence-electron chi connectivity index (χ3n) is 5.83. The van der Waals surface area contributed by atoms with Gasteiger partial charge in [-0.2, -0.15) is 0 Å². The molecule has 0 heterocycles. The van der Waals surface area contributed by atoms with Gasteiger partial charge in [-0.15, -0.1) is 0 Å². The van der Waals surface area contributed by atoms with Crippen molar-refractivity contribution in [3.05, 3.63) is 109 Å². The Morgan fingerprint density at radius 1 is 0.321 bits per heavy atom. The quantitative estimate of drug-likeness (QED) is 0.263. The molecule has 0 nitrogen and oxygen atoms in total. The highest BCUT2D eigenvalue weighted by Crippen LogP contribution is 2.38. The van der Waals surface area contributed by atoms with E-state index in [1.165, 1.54) is 54.2 Å². The Kier molecular flexibility index (Phi) is 3.27. The summed E-state index contributed by atoms with van der Waals surface area (Å²) in [7, 11) is 0. The standard InChI is InChI=1S/C28H18/c1-2-9-21-17-22(14-13-19(21)7-1)27-18-28-23-10-4-3-8-20(23)15-16-26(28)24-11-5-6-12-25(24)27/h1-18H. The van der Waals surface area contributed by atoms with Crippen molar-refractivity contribution in [1.82, 2.24) is 0 Å². The molecular formula is C28H18. The van der Waals surface area contributed by atoms with Gasteiger partial charge in [-0.1, -0.05) is 97.1 Å². The number of rotatable bonds is 1. The lowest BCUT2D eigenvalue weighted by Gasteiger charge is -2.13. The molecule has 0 amide bonds. The Morgan fingerprint density at radius 3 is 1.79 bits per heavy atom. The fraction of sp³-hybridized carbons (Fsp3) is 0. The summed E-state index contributed by atoms with van der Waals surface area (Å²) in [6.07, 6.45) is 0. The second-order valence-corrected chi connectivity index (χ2v) is 7.41. The van der Waals surface area contributed by atoms with Gasteiger partial charge in [0.05, 0.1) is 0 Å². The van der Waals surface area contributed by atoms with E-state index in [0.717, 1.165) is 0 Å². The first kappa shape index (κ1) is 15.4. The Labute approximate surface area is 163 Å². The van der Waals surface area contributed by atoms with Gasteiger partial charge in [-0.25, -0.2) is 0 Å². The Morgan fingerprint density at radius 2 is 0.929 bits per heavy atom. The van der Waals surface area contributed by atoms with Crippen LogP contribution in [0.25, 0.3) is 54.2 Å². The summed E-state index contributed by atoms with van der Waals surface area (Å²) < 4.78 is 0. The average Bonchev–Trinajstić information content (AvgIpc) is 2.78. The zero-order valence-electron chi connectivity index (χ0n) is 15.4. The van der Waals surface area contributed by atoms with Crippen molar-refractivity contribution in [2.24, 2.45) is 0 Å². The fourth-order valence-corrected chi connectivity index (χ4v) is 4.46. The number of fused-ring (bicyclic) bond motifs is 6. The molecule has 0 spiro atoms. The predicted octanol–water partition coefficient (Wildman–Crippen LogP) is 7.97. The molecule has 130 valence electrons. The van der Waals surface area contributed by atoms with E-state index in [1.54, 1.807) is 0 Å². The molecule has 0 atom stereocenters. The maximum absolute atomic E-state index is 2.38. The van der Waals surface area contributed by atoms with Gasteiger partial charge in [-0.05, 0) is 66.3 Å². The van der Waals surface area contributed by atoms with Gasteiger partial charge >= 0.3 is 0 Å². The largest absolute Gasteiger partial charge is 0.0616 e. The minimum atomic E-state index is 1.27. The van der Waals surface area contributed by atoms with Gasteiger partial charge in [-0.3, -0.25) is 0 Å². The topological polar surface area (TPSA) is 0 Å². The lowest BCUT2D eigenvalue weighted by Crippen LogP contribution is -1.86. The monoisotopic (exact) mass is 354 g/mol. The van der Waals surface area contributed by atoms with E-state index in [2.05, 4.69) is 109 Å². The molecule has 0 aliphatic carbocycles. The van der Waals surface area contributed by atoms with Crippen LogP contribution >= 0.6 is 0 Å². The molecule has 0 aromatic heterocycles. The highest BCUT2D eigenvalue weighted by atomic mass is 14.1. The zero-order chi connectivity index (χ0) is 18.5. The molecular weight excluding hydrogens is 336 g/mol. The number of hydrogen-bond acceptors (Lipinski definition) is 0. The van der Waals surface area contributed by atoms with Crippen LogP contribution in [0.4, 0.5) is 0 Å². The summed E-state index contributed by atoms with van der Waals surface area (Å²) in [5, 5.41) is 10.4. The van der Waals surface area contributed by atoms with Crippen LogP contribution in [0.1, 0.15) is 0 Å². The molecule has 0 aliphatic heterocycles. The van der Waals surface area contributed by atoms with Crippen LogP contribution in [0.5, 0.6) is 0 Å². The fourth-order valence-electron chi connectivity index (χ4n) is 4.46. The van der Waals surface area contributed by atoms with Crippen molar-refractivity contribution in [2.45, 2.75) is 0 Å². The molecule has 0 unspecified atom stereocenters. The van der Waals surface area contributed by atoms with E-state index in [0.29, 0.717) is 0 Å². The van der Waals surface area contributed by atoms with Crippen molar-refractivity contribution >= 4 is 43.1 Å². The Balaban J connectivity index is 1.78. The SMILES string of the molecule is c1ccc2cc(-c3cc4c5ccccc5ccc4c4ccccc34)ccc2c1. The summed E-state index contributed by atoms with van der Waals surface area (Å²) >= 11 is 0. The van der Waals surface area contributed by atoms with E-state index in [-0.39, 0.29) is 0 Å². The van der Waals surface area contributed by atoms with Gasteiger partial charge in [0.15, 0.2) is 0 Å². The zero-order valence-corrected chi connectivity index (χ0v) is 15.4. The Hall–Kier alpha value is -3.64. The van der Waals surface area contributed by atoms with Crippen molar-refractivity contribution in [1.29, 1.82) is 0 Å². The van der Waals surface area contributed by atoms with Crippen LogP contribution in [-0.2, 0) is 0 Å². The third kappa shape index (κ3) is 2.25. The minimum absolute atomic E-state index is 1.27. The average molecular weight is 354 g/mol. The van der Waals surface area contributed by atoms with Crippen LogP contribution in [0.3, 0.4) is 0 Å². The van der Waals surface area contributed by atoms with Gasteiger partial charge in [0.2, 0.25) is 0 Å². The summed E-state index contributed by atoms with van der Waals surface area (Å²) in [6.45, 7) is 0. The molecule has 6 aromatic rings. The first-order valence-corrected chi connectivity index (χ1v) is 9.71. The van der Waals surface area contributed by atoms with E-state index in [4.69, 9.17) is 0 Å². The Bertz CT molecular complexity index is 1510. The van der Waals surface area contributed by atoms with Gasteiger partial charge in [0.25, 0.3) is 0 Å². The predicted molar refractivity (Wildman–Crippen MR) is 122 cm³/mol. The first-order valence-electron chi connectivity index (χ1n) is 9.71. The van der Waals surface area contributed by atoms with Gasteiger partial charge in [0, 0.05) is 0 Å². The molecule has 0 fully saturated rings. The third-order valence-corrected chi connectivity index (χ3v) is 5.83. The van der Waals surface area contributed by atoms with Crippen molar-refractivity contribution in [3.63, 3.8) is 0 Å². The number of benzene rings is 6. The van der Waals surface area contributed by atoms with E-state index >= 15 is 0 Å². The lowest BCUT2D eigenvalue weighted by atomic mass is 9.90. The summed E-state index contributed by atoms with van der Waals surface area (Å²) in [6, 6.07) is 39.7. The first-order chi connectivity index (χ1) is 13.9. The molecule has 0 bridgehead atoms. The lowest BCUT2D eigenvalue weighted by molar-refractivity contribution is 1.70. The van der Waals surface area contributed by atoms with E-state index < -0.39 is 0 Å². The molecule has 28 heavy (non-hydrogen) atoms. The molecule has 0 heteroatoms. The summed E-state index contributed by atoms with van der Waals surface area (Å²) in [5.41, 5.74) is 2.56. The van der Waals surface area contributed by atoms with Crippen molar-refractivity contribution < 1.29 is 0 Å². The molecule has 0 aliphatic rings. The molecule has 0 N–H and O–H groups in total. The highest BCUT2D eigenvalue weighted by molar-refractivity contribution is 6.21. The van der Waals surface area contributed by atoms with E-state index in [1.807, 2.05) is 0 Å². The van der Waals surface area contributed by atoms with E-state index in [9.17, 15) is 0 Å². The van der Waals surface area contributed by atoms with Crippen molar-refractivity contribution in [2.75, 3.05) is 0 Å². The molecule has 0 saturated carbocycles. The van der Waals surface area contributed by atoms with Gasteiger partial charge < -0.3 is 0 Å². The maximum Gasteiger partial charge on any atom is -0.00928 e. The normalized spacial score (nSPS) is 11.6. The van der Waals surface area contributed by atoms with Crippen LogP contribution < -0.4 is 0 Å². The molecule has 6 aromatic carbocycles. The smallest absolute Gasteiger partial charge is 0.00928 e. The van der Waals surface area contributed by atoms with Crippen LogP contribution in [0.15, 0.2) is 109 Å². The number of hydrogen-bond donors (Lipinski definition) is 0.